The highest BCUT2D eigenvalue weighted by molar-refractivity contribution is 5.20. The lowest BCUT2D eigenvalue weighted by atomic mass is 10.0. The molecule has 3 nitrogen and oxygen atoms in total. The molecule has 0 bridgehead atoms. The lowest BCUT2D eigenvalue weighted by molar-refractivity contribution is -0.136. The minimum absolute atomic E-state index is 0.0516. The zero-order valence-corrected chi connectivity index (χ0v) is 11.0. The minimum Gasteiger partial charge on any atom is -0.310 e. The Labute approximate surface area is 105 Å². The van der Waals surface area contributed by atoms with Crippen LogP contribution in [0.5, 0.6) is 0 Å². The number of hydrogen-bond donors (Lipinski definition) is 1. The molecule has 0 fully saturated rings. The van der Waals surface area contributed by atoms with Gasteiger partial charge in [-0.3, -0.25) is 4.68 Å². The van der Waals surface area contributed by atoms with Crippen LogP contribution in [0.3, 0.4) is 0 Å². The van der Waals surface area contributed by atoms with E-state index in [1.165, 1.54) is 0 Å². The molecule has 1 heterocycles. The summed E-state index contributed by atoms with van der Waals surface area (Å²) in [5.74, 6) is 0. The first-order valence-corrected chi connectivity index (χ1v) is 6.13. The Morgan fingerprint density at radius 2 is 2.11 bits per heavy atom. The molecule has 18 heavy (non-hydrogen) atoms. The fraction of sp³-hybridized carbons (Fsp3) is 0.750. The van der Waals surface area contributed by atoms with Crippen molar-refractivity contribution in [2.75, 3.05) is 6.54 Å². The smallest absolute Gasteiger partial charge is 0.310 e. The van der Waals surface area contributed by atoms with Crippen LogP contribution in [0.15, 0.2) is 6.20 Å². The van der Waals surface area contributed by atoms with Gasteiger partial charge in [-0.1, -0.05) is 6.92 Å². The Morgan fingerprint density at radius 3 is 2.56 bits per heavy atom. The Bertz CT molecular complexity index is 371. The maximum atomic E-state index is 12.3. The van der Waals surface area contributed by atoms with Gasteiger partial charge in [-0.05, 0) is 26.3 Å². The number of rotatable bonds is 6. The van der Waals surface area contributed by atoms with Gasteiger partial charge in [-0.15, -0.1) is 0 Å². The molecule has 6 heteroatoms. The van der Waals surface area contributed by atoms with E-state index in [-0.39, 0.29) is 12.5 Å². The van der Waals surface area contributed by atoms with E-state index in [1.54, 1.807) is 17.9 Å². The molecule has 1 aromatic heterocycles. The van der Waals surface area contributed by atoms with Crippen LogP contribution in [-0.4, -0.2) is 22.5 Å². The van der Waals surface area contributed by atoms with E-state index < -0.39 is 12.6 Å². The van der Waals surface area contributed by atoms with E-state index >= 15 is 0 Å². The second-order valence-corrected chi connectivity index (χ2v) is 4.50. The van der Waals surface area contributed by atoms with Crippen molar-refractivity contribution < 1.29 is 13.2 Å². The average Bonchev–Trinajstić information content (AvgIpc) is 2.57. The van der Waals surface area contributed by atoms with E-state index in [9.17, 15) is 13.2 Å². The largest absolute Gasteiger partial charge is 0.389 e. The van der Waals surface area contributed by atoms with Crippen molar-refractivity contribution in [3.05, 3.63) is 17.5 Å². The maximum Gasteiger partial charge on any atom is 0.389 e. The lowest BCUT2D eigenvalue weighted by Gasteiger charge is -2.19. The van der Waals surface area contributed by atoms with Crippen LogP contribution in [-0.2, 0) is 7.05 Å². The molecule has 0 aliphatic carbocycles. The second-order valence-electron chi connectivity index (χ2n) is 4.50. The third kappa shape index (κ3) is 4.68. The van der Waals surface area contributed by atoms with Gasteiger partial charge in [0.2, 0.25) is 0 Å². The Morgan fingerprint density at radius 1 is 1.44 bits per heavy atom. The predicted octanol–water partition coefficient (Wildman–Crippen LogP) is 3.11. The summed E-state index contributed by atoms with van der Waals surface area (Å²) in [6, 6.07) is -0.278. The molecule has 1 rings (SSSR count). The minimum atomic E-state index is -4.11. The van der Waals surface area contributed by atoms with Crippen molar-refractivity contribution in [2.45, 2.75) is 45.3 Å². The van der Waals surface area contributed by atoms with Crippen molar-refractivity contribution in [3.8, 4) is 0 Å². The summed E-state index contributed by atoms with van der Waals surface area (Å²) >= 11 is 0. The zero-order chi connectivity index (χ0) is 13.8. The fourth-order valence-corrected chi connectivity index (χ4v) is 1.95. The second kappa shape index (κ2) is 6.22. The van der Waals surface area contributed by atoms with Crippen LogP contribution in [0.4, 0.5) is 13.2 Å². The highest BCUT2D eigenvalue weighted by Gasteiger charge is 2.29. The van der Waals surface area contributed by atoms with E-state index in [0.29, 0.717) is 6.54 Å². The summed E-state index contributed by atoms with van der Waals surface area (Å²) < 4.78 is 38.6. The molecule has 0 spiro atoms. The topological polar surface area (TPSA) is 29.9 Å². The monoisotopic (exact) mass is 263 g/mol. The third-order valence-corrected chi connectivity index (χ3v) is 2.78. The molecule has 0 aromatic carbocycles. The summed E-state index contributed by atoms with van der Waals surface area (Å²) in [7, 11) is 1.77. The lowest BCUT2D eigenvalue weighted by Crippen LogP contribution is -2.24. The van der Waals surface area contributed by atoms with Crippen molar-refractivity contribution in [1.82, 2.24) is 15.1 Å². The third-order valence-electron chi connectivity index (χ3n) is 2.78. The van der Waals surface area contributed by atoms with Gasteiger partial charge in [0.05, 0.1) is 5.69 Å². The number of aromatic nitrogens is 2. The number of aryl methyl sites for hydroxylation is 2. The van der Waals surface area contributed by atoms with E-state index in [1.807, 2.05) is 13.8 Å². The summed E-state index contributed by atoms with van der Waals surface area (Å²) in [5.41, 5.74) is 1.64. The first-order chi connectivity index (χ1) is 8.33. The van der Waals surface area contributed by atoms with Gasteiger partial charge in [0.1, 0.15) is 0 Å². The highest BCUT2D eigenvalue weighted by atomic mass is 19.4. The van der Waals surface area contributed by atoms with Crippen LogP contribution < -0.4 is 5.32 Å². The Kier molecular flexibility index (Phi) is 5.19. The molecule has 0 aliphatic rings. The molecular formula is C12H20F3N3. The summed E-state index contributed by atoms with van der Waals surface area (Å²) in [4.78, 5) is 0. The van der Waals surface area contributed by atoms with Gasteiger partial charge in [0.25, 0.3) is 0 Å². The van der Waals surface area contributed by atoms with Gasteiger partial charge in [-0.2, -0.15) is 18.3 Å². The van der Waals surface area contributed by atoms with Gasteiger partial charge >= 0.3 is 6.18 Å². The number of nitrogens with zero attached hydrogens (tertiary/aromatic N) is 2. The molecule has 0 amide bonds. The van der Waals surface area contributed by atoms with Crippen molar-refractivity contribution >= 4 is 0 Å². The number of alkyl halides is 3. The fourth-order valence-electron chi connectivity index (χ4n) is 1.95. The summed E-state index contributed by atoms with van der Waals surface area (Å²) in [5, 5.41) is 7.34. The van der Waals surface area contributed by atoms with Crippen molar-refractivity contribution in [3.63, 3.8) is 0 Å². The van der Waals surface area contributed by atoms with Crippen LogP contribution in [0.1, 0.15) is 43.5 Å². The molecule has 0 saturated carbocycles. The maximum absolute atomic E-state index is 12.3. The van der Waals surface area contributed by atoms with Crippen molar-refractivity contribution in [1.29, 1.82) is 0 Å². The highest BCUT2D eigenvalue weighted by Crippen LogP contribution is 2.28. The normalized spacial score (nSPS) is 13.9. The van der Waals surface area contributed by atoms with Gasteiger partial charge in [0, 0.05) is 31.3 Å². The van der Waals surface area contributed by atoms with Crippen LogP contribution in [0, 0.1) is 6.92 Å². The zero-order valence-electron chi connectivity index (χ0n) is 11.0. The number of hydrogen-bond acceptors (Lipinski definition) is 2. The first-order valence-electron chi connectivity index (χ1n) is 6.13. The standard InChI is InChI=1S/C12H20F3N3/c1-4-7-16-11(5-6-12(13,14)15)10-8-18(3)17-9(10)2/h8,11,16H,4-7H2,1-3H3. The molecule has 0 aliphatic heterocycles. The van der Waals surface area contributed by atoms with E-state index in [4.69, 9.17) is 0 Å². The Balaban J connectivity index is 2.74. The van der Waals surface area contributed by atoms with Crippen LogP contribution >= 0.6 is 0 Å². The quantitative estimate of drug-likeness (QED) is 0.854. The molecular weight excluding hydrogens is 243 g/mol. The molecule has 0 radical (unpaired) electrons. The molecule has 1 N–H and O–H groups in total. The number of nitrogens with one attached hydrogen (secondary N) is 1. The van der Waals surface area contributed by atoms with Crippen LogP contribution in [0.2, 0.25) is 0 Å². The molecule has 1 aromatic rings. The van der Waals surface area contributed by atoms with Crippen molar-refractivity contribution in [2.24, 2.45) is 7.05 Å². The summed E-state index contributed by atoms with van der Waals surface area (Å²) in [6.45, 7) is 4.52. The predicted molar refractivity (Wildman–Crippen MR) is 64.3 cm³/mol. The van der Waals surface area contributed by atoms with Gasteiger partial charge in [-0.25, -0.2) is 0 Å². The molecule has 1 atom stereocenters. The van der Waals surface area contributed by atoms with Gasteiger partial charge in [0.15, 0.2) is 0 Å². The molecule has 1 unspecified atom stereocenters. The summed E-state index contributed by atoms with van der Waals surface area (Å²) in [6.07, 6.45) is -2.15. The number of halogens is 3. The first kappa shape index (κ1) is 15.0. The van der Waals surface area contributed by atoms with E-state index in [0.717, 1.165) is 17.7 Å². The average molecular weight is 263 g/mol. The molecule has 0 saturated heterocycles. The SMILES string of the molecule is CCCNC(CCC(F)(F)F)c1cn(C)nc1C. The van der Waals surface area contributed by atoms with Crippen LogP contribution in [0.25, 0.3) is 0 Å². The van der Waals surface area contributed by atoms with E-state index in [2.05, 4.69) is 10.4 Å². The molecule has 104 valence electrons. The Hall–Kier alpha value is -1.04. The van der Waals surface area contributed by atoms with Gasteiger partial charge < -0.3 is 5.32 Å².